The number of amides is 3. The number of carbonyl (C=O) groups is 3. The van der Waals surface area contributed by atoms with Gasteiger partial charge < -0.3 is 20.1 Å². The van der Waals surface area contributed by atoms with Crippen LogP contribution >= 0.6 is 0 Å². The van der Waals surface area contributed by atoms with Crippen LogP contribution in [0.25, 0.3) is 0 Å². The number of anilines is 1. The molecule has 0 heterocycles. The highest BCUT2D eigenvalue weighted by Gasteiger charge is 2.12. The summed E-state index contributed by atoms with van der Waals surface area (Å²) in [6.45, 7) is 4.17. The number of carbonyl (C=O) groups excluding carboxylic acids is 3. The Bertz CT molecular complexity index is 975. The van der Waals surface area contributed by atoms with Crippen LogP contribution in [0.3, 0.4) is 0 Å². The molecule has 3 N–H and O–H groups in total. The van der Waals surface area contributed by atoms with Crippen LogP contribution in [0.5, 0.6) is 11.5 Å². The maximum Gasteiger partial charge on any atom is 0.329 e. The van der Waals surface area contributed by atoms with Crippen molar-refractivity contribution < 1.29 is 23.9 Å². The standard InChI is InChI=1S/C23H28N4O5/c1-4-5-11-24-22(29)23(30)27-25-14-17-9-10-19(20(13-17)31-3)32-15-21(28)26-18-8-6-7-16(2)12-18/h6-10,12-14H,4-5,11,15H2,1-3H3,(H,24,29)(H,26,28)(H,27,30)/b25-14-. The minimum absolute atomic E-state index is 0.194. The van der Waals surface area contributed by atoms with E-state index < -0.39 is 11.8 Å². The van der Waals surface area contributed by atoms with Crippen LogP contribution in [0.1, 0.15) is 30.9 Å². The Labute approximate surface area is 187 Å². The average Bonchev–Trinajstić information content (AvgIpc) is 2.78. The fourth-order valence-corrected chi connectivity index (χ4v) is 2.62. The molecule has 9 nitrogen and oxygen atoms in total. The fraction of sp³-hybridized carbons (Fsp3) is 0.304. The number of nitrogens with zero attached hydrogens (tertiary/aromatic N) is 1. The first kappa shape index (κ1) is 24.4. The molecule has 32 heavy (non-hydrogen) atoms. The lowest BCUT2D eigenvalue weighted by Crippen LogP contribution is -2.38. The molecule has 0 spiro atoms. The van der Waals surface area contributed by atoms with Gasteiger partial charge in [0.05, 0.1) is 13.3 Å². The summed E-state index contributed by atoms with van der Waals surface area (Å²) in [4.78, 5) is 35.4. The molecular weight excluding hydrogens is 412 g/mol. The molecule has 2 aromatic carbocycles. The van der Waals surface area contributed by atoms with Crippen molar-refractivity contribution in [2.24, 2.45) is 5.10 Å². The summed E-state index contributed by atoms with van der Waals surface area (Å²) in [6, 6.07) is 12.4. The SMILES string of the molecule is CCCCNC(=O)C(=O)N/N=C\c1ccc(OCC(=O)Nc2cccc(C)c2)c(OC)c1. The van der Waals surface area contributed by atoms with Crippen LogP contribution in [0.2, 0.25) is 0 Å². The first-order valence-electron chi connectivity index (χ1n) is 10.2. The minimum atomic E-state index is -0.844. The van der Waals surface area contributed by atoms with Gasteiger partial charge in [0.2, 0.25) is 0 Å². The zero-order chi connectivity index (χ0) is 23.3. The molecule has 0 aliphatic carbocycles. The largest absolute Gasteiger partial charge is 0.493 e. The summed E-state index contributed by atoms with van der Waals surface area (Å²) in [7, 11) is 1.47. The molecule has 2 aromatic rings. The summed E-state index contributed by atoms with van der Waals surface area (Å²) in [6.07, 6.45) is 3.08. The zero-order valence-electron chi connectivity index (χ0n) is 18.4. The molecule has 9 heteroatoms. The van der Waals surface area contributed by atoms with E-state index in [9.17, 15) is 14.4 Å². The molecule has 2 rings (SSSR count). The van der Waals surface area contributed by atoms with E-state index in [0.29, 0.717) is 29.3 Å². The number of benzene rings is 2. The van der Waals surface area contributed by atoms with Crippen LogP contribution < -0.4 is 25.5 Å². The number of hydrogen-bond donors (Lipinski definition) is 3. The fourth-order valence-electron chi connectivity index (χ4n) is 2.62. The van der Waals surface area contributed by atoms with Crippen molar-refractivity contribution in [3.05, 3.63) is 53.6 Å². The number of hydrazone groups is 1. The maximum atomic E-state index is 12.1. The Morgan fingerprint density at radius 1 is 1.06 bits per heavy atom. The smallest absolute Gasteiger partial charge is 0.329 e. The third kappa shape index (κ3) is 8.10. The molecule has 170 valence electrons. The van der Waals surface area contributed by atoms with Crippen molar-refractivity contribution in [3.63, 3.8) is 0 Å². The van der Waals surface area contributed by atoms with Gasteiger partial charge in [0.25, 0.3) is 5.91 Å². The molecule has 3 amide bonds. The molecule has 0 aliphatic heterocycles. The normalized spacial score (nSPS) is 10.5. The summed E-state index contributed by atoms with van der Waals surface area (Å²) in [5.74, 6) is -1.11. The van der Waals surface area contributed by atoms with Crippen LogP contribution in [0.15, 0.2) is 47.6 Å². The van der Waals surface area contributed by atoms with Gasteiger partial charge in [0, 0.05) is 12.2 Å². The number of unbranched alkanes of at least 4 members (excludes halogenated alkanes) is 1. The van der Waals surface area contributed by atoms with Gasteiger partial charge in [-0.05, 0) is 54.8 Å². The van der Waals surface area contributed by atoms with E-state index in [4.69, 9.17) is 9.47 Å². The summed E-state index contributed by atoms with van der Waals surface area (Å²) in [5, 5.41) is 9.05. The van der Waals surface area contributed by atoms with Gasteiger partial charge in [-0.1, -0.05) is 25.5 Å². The van der Waals surface area contributed by atoms with Gasteiger partial charge in [-0.3, -0.25) is 14.4 Å². The number of aryl methyl sites for hydroxylation is 1. The number of methoxy groups -OCH3 is 1. The van der Waals surface area contributed by atoms with Crippen molar-refractivity contribution in [2.45, 2.75) is 26.7 Å². The first-order chi connectivity index (χ1) is 15.4. The number of nitrogens with one attached hydrogen (secondary N) is 3. The van der Waals surface area contributed by atoms with E-state index in [0.717, 1.165) is 18.4 Å². The number of hydrogen-bond acceptors (Lipinski definition) is 6. The number of ether oxygens (including phenoxy) is 2. The third-order valence-corrected chi connectivity index (χ3v) is 4.25. The first-order valence-corrected chi connectivity index (χ1v) is 10.2. The number of rotatable bonds is 10. The minimum Gasteiger partial charge on any atom is -0.493 e. The van der Waals surface area contributed by atoms with E-state index >= 15 is 0 Å². The van der Waals surface area contributed by atoms with Crippen molar-refractivity contribution in [3.8, 4) is 11.5 Å². The third-order valence-electron chi connectivity index (χ3n) is 4.25. The van der Waals surface area contributed by atoms with Crippen molar-refractivity contribution in [2.75, 3.05) is 25.6 Å². The molecule has 0 radical (unpaired) electrons. The van der Waals surface area contributed by atoms with E-state index in [1.807, 2.05) is 32.0 Å². The Kier molecular flexibility index (Phi) is 9.70. The van der Waals surface area contributed by atoms with Crippen LogP contribution in [0.4, 0.5) is 5.69 Å². The summed E-state index contributed by atoms with van der Waals surface area (Å²) >= 11 is 0. The lowest BCUT2D eigenvalue weighted by Gasteiger charge is -2.11. The molecule has 0 saturated carbocycles. The van der Waals surface area contributed by atoms with Gasteiger partial charge in [0.1, 0.15) is 0 Å². The molecule has 0 unspecified atom stereocenters. The quantitative estimate of drug-likeness (QED) is 0.227. The van der Waals surface area contributed by atoms with E-state index in [2.05, 4.69) is 21.2 Å². The molecule has 0 saturated heterocycles. The van der Waals surface area contributed by atoms with Crippen LogP contribution in [-0.2, 0) is 14.4 Å². The monoisotopic (exact) mass is 440 g/mol. The second kappa shape index (κ2) is 12.7. The van der Waals surface area contributed by atoms with Crippen molar-refractivity contribution in [1.29, 1.82) is 0 Å². The van der Waals surface area contributed by atoms with E-state index in [1.165, 1.54) is 13.3 Å². The lowest BCUT2D eigenvalue weighted by atomic mass is 10.2. The predicted molar refractivity (Wildman–Crippen MR) is 122 cm³/mol. The average molecular weight is 441 g/mol. The van der Waals surface area contributed by atoms with E-state index in [-0.39, 0.29) is 12.5 Å². The summed E-state index contributed by atoms with van der Waals surface area (Å²) < 4.78 is 10.9. The van der Waals surface area contributed by atoms with Crippen LogP contribution in [-0.4, -0.2) is 44.2 Å². The second-order valence-corrected chi connectivity index (χ2v) is 6.93. The predicted octanol–water partition coefficient (Wildman–Crippen LogP) is 2.39. The molecular formula is C23H28N4O5. The van der Waals surface area contributed by atoms with Gasteiger partial charge in [-0.2, -0.15) is 5.10 Å². The topological polar surface area (TPSA) is 118 Å². The maximum absolute atomic E-state index is 12.1. The molecule has 0 aromatic heterocycles. The zero-order valence-corrected chi connectivity index (χ0v) is 18.4. The van der Waals surface area contributed by atoms with Gasteiger partial charge in [-0.15, -0.1) is 0 Å². The highest BCUT2D eigenvalue weighted by molar-refractivity contribution is 6.35. The molecule has 0 atom stereocenters. The second-order valence-electron chi connectivity index (χ2n) is 6.93. The Morgan fingerprint density at radius 2 is 1.88 bits per heavy atom. The van der Waals surface area contributed by atoms with Gasteiger partial charge in [0.15, 0.2) is 18.1 Å². The van der Waals surface area contributed by atoms with E-state index in [1.54, 1.807) is 24.3 Å². The Hall–Kier alpha value is -3.88. The Balaban J connectivity index is 1.88. The molecule has 0 fully saturated rings. The lowest BCUT2D eigenvalue weighted by molar-refractivity contribution is -0.139. The van der Waals surface area contributed by atoms with Crippen molar-refractivity contribution >= 4 is 29.6 Å². The van der Waals surface area contributed by atoms with Gasteiger partial charge in [-0.25, -0.2) is 5.43 Å². The Morgan fingerprint density at radius 3 is 2.59 bits per heavy atom. The van der Waals surface area contributed by atoms with Crippen LogP contribution in [0, 0.1) is 6.92 Å². The summed E-state index contributed by atoms with van der Waals surface area (Å²) in [5.41, 5.74) is 4.50. The highest BCUT2D eigenvalue weighted by Crippen LogP contribution is 2.27. The molecule has 0 aliphatic rings. The van der Waals surface area contributed by atoms with Crippen molar-refractivity contribution in [1.82, 2.24) is 10.7 Å². The van der Waals surface area contributed by atoms with Gasteiger partial charge >= 0.3 is 11.8 Å². The highest BCUT2D eigenvalue weighted by atomic mass is 16.5. The molecule has 0 bridgehead atoms.